The molecule has 2 fully saturated rings. The predicted octanol–water partition coefficient (Wildman–Crippen LogP) is 0.609. The van der Waals surface area contributed by atoms with E-state index in [2.05, 4.69) is 21.3 Å². The molecule has 11 heteroatoms. The van der Waals surface area contributed by atoms with Crippen LogP contribution in [0.5, 0.6) is 0 Å². The van der Waals surface area contributed by atoms with Crippen molar-refractivity contribution in [1.82, 2.24) is 20.9 Å². The highest BCUT2D eigenvalue weighted by atomic mass is 16.3. The molecule has 0 saturated carbocycles. The standard InChI is InChI=1S/C27H39N5O6/c1-4-27(3)26(38)30-21(16-18-10-12-19(13-11-18)28-17(2)34)25(37)32-14-7-9-22(32)24(36)29-20(23(35)31-27)8-5-6-15-33/h10-13,20-22,33H,4-9,14-16H2,1-3H3,(H,28,34)(H,29,36)(H,30,38)(H,31,35)/t20-,21-,22+,27-/m0/s1. The molecule has 5 N–H and O–H groups in total. The van der Waals surface area contributed by atoms with E-state index in [1.807, 2.05) is 0 Å². The van der Waals surface area contributed by atoms with Gasteiger partial charge in [-0.3, -0.25) is 24.0 Å². The molecule has 2 aliphatic rings. The summed E-state index contributed by atoms with van der Waals surface area (Å²) in [5, 5.41) is 20.3. The summed E-state index contributed by atoms with van der Waals surface area (Å²) in [4.78, 5) is 66.6. The van der Waals surface area contributed by atoms with Crippen molar-refractivity contribution in [3.05, 3.63) is 29.8 Å². The molecule has 2 heterocycles. The molecule has 0 bridgehead atoms. The van der Waals surface area contributed by atoms with Crippen LogP contribution in [0.3, 0.4) is 0 Å². The van der Waals surface area contributed by atoms with Crippen LogP contribution in [0, 0.1) is 0 Å². The maximum atomic E-state index is 13.8. The Bertz CT molecular complexity index is 1040. The first-order valence-corrected chi connectivity index (χ1v) is 13.3. The third-order valence-electron chi connectivity index (χ3n) is 7.30. The summed E-state index contributed by atoms with van der Waals surface area (Å²) in [6.07, 6.45) is 2.82. The average molecular weight is 530 g/mol. The van der Waals surface area contributed by atoms with Crippen LogP contribution < -0.4 is 21.3 Å². The van der Waals surface area contributed by atoms with Crippen LogP contribution in [-0.4, -0.2) is 76.4 Å². The maximum absolute atomic E-state index is 13.8. The highest BCUT2D eigenvalue weighted by Gasteiger charge is 2.43. The fourth-order valence-corrected chi connectivity index (χ4v) is 4.85. The molecule has 0 radical (unpaired) electrons. The molecule has 5 amide bonds. The zero-order valence-corrected chi connectivity index (χ0v) is 22.3. The fraction of sp³-hybridized carbons (Fsp3) is 0.593. The number of aliphatic hydroxyl groups is 1. The van der Waals surface area contributed by atoms with Gasteiger partial charge < -0.3 is 31.3 Å². The summed E-state index contributed by atoms with van der Waals surface area (Å²) in [6, 6.07) is 4.40. The van der Waals surface area contributed by atoms with Crippen molar-refractivity contribution < 1.29 is 29.1 Å². The van der Waals surface area contributed by atoms with E-state index in [-0.39, 0.29) is 31.3 Å². The van der Waals surface area contributed by atoms with E-state index in [0.717, 1.165) is 5.56 Å². The summed E-state index contributed by atoms with van der Waals surface area (Å²) in [5.74, 6) is -1.92. The van der Waals surface area contributed by atoms with Gasteiger partial charge in [0.05, 0.1) is 0 Å². The van der Waals surface area contributed by atoms with Crippen LogP contribution in [0.4, 0.5) is 5.69 Å². The smallest absolute Gasteiger partial charge is 0.246 e. The second-order valence-electron chi connectivity index (χ2n) is 10.3. The van der Waals surface area contributed by atoms with Crippen molar-refractivity contribution in [2.24, 2.45) is 0 Å². The van der Waals surface area contributed by atoms with Gasteiger partial charge in [-0.25, -0.2) is 0 Å². The summed E-state index contributed by atoms with van der Waals surface area (Å²) < 4.78 is 0. The molecule has 0 aromatic heterocycles. The first-order valence-electron chi connectivity index (χ1n) is 13.3. The minimum absolute atomic E-state index is 0.0281. The molecule has 38 heavy (non-hydrogen) atoms. The summed E-state index contributed by atoms with van der Waals surface area (Å²) in [6.45, 7) is 5.12. The average Bonchev–Trinajstić information content (AvgIpc) is 3.37. The van der Waals surface area contributed by atoms with Crippen molar-refractivity contribution in [3.8, 4) is 0 Å². The Morgan fingerprint density at radius 3 is 2.42 bits per heavy atom. The number of carbonyl (C=O) groups excluding carboxylic acids is 5. The third-order valence-corrected chi connectivity index (χ3v) is 7.30. The largest absolute Gasteiger partial charge is 0.396 e. The molecule has 3 rings (SSSR count). The zero-order chi connectivity index (χ0) is 27.9. The SMILES string of the molecule is CC[C@]1(C)NC(=O)[C@H](CCCCO)NC(=O)[C@H]2CCCN2C(=O)[C@H](Cc2ccc(NC(C)=O)cc2)NC1=O. The van der Waals surface area contributed by atoms with Gasteiger partial charge in [0, 0.05) is 32.2 Å². The molecule has 2 saturated heterocycles. The van der Waals surface area contributed by atoms with Crippen molar-refractivity contribution in [3.63, 3.8) is 0 Å². The molecule has 208 valence electrons. The molecule has 11 nitrogen and oxygen atoms in total. The molecule has 2 aliphatic heterocycles. The third kappa shape index (κ3) is 7.09. The van der Waals surface area contributed by atoms with Crippen molar-refractivity contribution in [1.29, 1.82) is 0 Å². The predicted molar refractivity (Wildman–Crippen MR) is 141 cm³/mol. The van der Waals surface area contributed by atoms with E-state index in [4.69, 9.17) is 5.11 Å². The lowest BCUT2D eigenvalue weighted by atomic mass is 9.94. The number of nitrogens with one attached hydrogen (secondary N) is 4. The minimum Gasteiger partial charge on any atom is -0.396 e. The topological polar surface area (TPSA) is 157 Å². The molecule has 1 aromatic carbocycles. The molecule has 0 aliphatic carbocycles. The van der Waals surface area contributed by atoms with E-state index in [9.17, 15) is 24.0 Å². The van der Waals surface area contributed by atoms with Gasteiger partial charge >= 0.3 is 0 Å². The highest BCUT2D eigenvalue weighted by Crippen LogP contribution is 2.22. The van der Waals surface area contributed by atoms with Crippen LogP contribution in [0.1, 0.15) is 64.9 Å². The number of carbonyl (C=O) groups is 5. The van der Waals surface area contributed by atoms with E-state index in [1.54, 1.807) is 38.1 Å². The number of nitrogens with zero attached hydrogens (tertiary/aromatic N) is 1. The van der Waals surface area contributed by atoms with E-state index < -0.39 is 41.4 Å². The van der Waals surface area contributed by atoms with Crippen molar-refractivity contribution >= 4 is 35.2 Å². The fourth-order valence-electron chi connectivity index (χ4n) is 4.85. The van der Waals surface area contributed by atoms with Gasteiger partial charge in [0.2, 0.25) is 29.5 Å². The van der Waals surface area contributed by atoms with E-state index in [1.165, 1.54) is 11.8 Å². The Morgan fingerprint density at radius 2 is 1.79 bits per heavy atom. The Kier molecular flexibility index (Phi) is 9.84. The van der Waals surface area contributed by atoms with Gasteiger partial charge in [0.1, 0.15) is 23.7 Å². The quantitative estimate of drug-likeness (QED) is 0.311. The lowest BCUT2D eigenvalue weighted by Gasteiger charge is -2.36. The Labute approximate surface area is 223 Å². The Hall–Kier alpha value is -3.47. The molecular weight excluding hydrogens is 490 g/mol. The van der Waals surface area contributed by atoms with Crippen molar-refractivity contribution in [2.45, 2.75) is 89.4 Å². The number of anilines is 1. The zero-order valence-electron chi connectivity index (χ0n) is 22.3. The first kappa shape index (κ1) is 29.1. The van der Waals surface area contributed by atoms with E-state index in [0.29, 0.717) is 44.3 Å². The Balaban J connectivity index is 1.92. The molecule has 4 atom stereocenters. The number of fused-ring (bicyclic) bond motifs is 1. The minimum atomic E-state index is -1.31. The molecular formula is C27H39N5O6. The molecule has 1 aromatic rings. The van der Waals surface area contributed by atoms with Gasteiger partial charge in [-0.05, 0) is 63.1 Å². The van der Waals surface area contributed by atoms with Crippen molar-refractivity contribution in [2.75, 3.05) is 18.5 Å². The highest BCUT2D eigenvalue weighted by molar-refractivity contribution is 5.99. The second kappa shape index (κ2) is 12.9. The number of benzene rings is 1. The van der Waals surface area contributed by atoms with Crippen LogP contribution in [0.2, 0.25) is 0 Å². The maximum Gasteiger partial charge on any atom is 0.246 e. The normalized spacial score (nSPS) is 26.4. The number of aliphatic hydroxyl groups excluding tert-OH is 1. The van der Waals surface area contributed by atoms with Gasteiger partial charge in [-0.2, -0.15) is 0 Å². The number of hydrogen-bond donors (Lipinski definition) is 5. The summed E-state index contributed by atoms with van der Waals surface area (Å²) in [5.41, 5.74) is 0.0617. The number of rotatable bonds is 8. The monoisotopic (exact) mass is 529 g/mol. The summed E-state index contributed by atoms with van der Waals surface area (Å²) >= 11 is 0. The lowest BCUT2D eigenvalue weighted by molar-refractivity contribution is -0.144. The number of amides is 5. The van der Waals surface area contributed by atoms with Gasteiger partial charge in [-0.15, -0.1) is 0 Å². The van der Waals surface area contributed by atoms with Crippen LogP contribution in [0.25, 0.3) is 0 Å². The van der Waals surface area contributed by atoms with Crippen LogP contribution >= 0.6 is 0 Å². The number of unbranched alkanes of at least 4 members (excludes halogenated alkanes) is 1. The van der Waals surface area contributed by atoms with Crippen LogP contribution in [-0.2, 0) is 30.4 Å². The summed E-state index contributed by atoms with van der Waals surface area (Å²) in [7, 11) is 0. The number of hydrogen-bond acceptors (Lipinski definition) is 6. The van der Waals surface area contributed by atoms with Gasteiger partial charge in [0.15, 0.2) is 0 Å². The molecule has 0 unspecified atom stereocenters. The first-order chi connectivity index (χ1) is 18.1. The lowest BCUT2D eigenvalue weighted by Crippen LogP contribution is -2.65. The Morgan fingerprint density at radius 1 is 1.08 bits per heavy atom. The van der Waals surface area contributed by atoms with Gasteiger partial charge in [0.25, 0.3) is 0 Å². The second-order valence-corrected chi connectivity index (χ2v) is 10.3. The van der Waals surface area contributed by atoms with E-state index >= 15 is 0 Å². The molecule has 0 spiro atoms. The van der Waals surface area contributed by atoms with Crippen LogP contribution in [0.15, 0.2) is 24.3 Å². The van der Waals surface area contributed by atoms with Gasteiger partial charge in [-0.1, -0.05) is 19.1 Å².